The van der Waals surface area contributed by atoms with E-state index in [4.69, 9.17) is 0 Å². The number of aliphatic imine (C=N–C) groups is 1. The van der Waals surface area contributed by atoms with E-state index in [0.717, 1.165) is 32.0 Å². The van der Waals surface area contributed by atoms with Crippen LogP contribution in [0.4, 0.5) is 0 Å². The average Bonchev–Trinajstić information content (AvgIpc) is 2.38. The minimum Gasteiger partial charge on any atom is -0.356 e. The summed E-state index contributed by atoms with van der Waals surface area (Å²) in [6.45, 7) is 13.4. The van der Waals surface area contributed by atoms with Gasteiger partial charge in [-0.05, 0) is 38.9 Å². The van der Waals surface area contributed by atoms with Crippen molar-refractivity contribution >= 4 is 5.96 Å². The van der Waals surface area contributed by atoms with Crippen molar-refractivity contribution in [1.29, 1.82) is 0 Å². The van der Waals surface area contributed by atoms with E-state index >= 15 is 0 Å². The zero-order chi connectivity index (χ0) is 13.6. The van der Waals surface area contributed by atoms with Crippen molar-refractivity contribution in [2.45, 2.75) is 33.1 Å². The lowest BCUT2D eigenvalue weighted by atomic mass is 10.3. The van der Waals surface area contributed by atoms with E-state index in [1.165, 1.54) is 25.9 Å². The van der Waals surface area contributed by atoms with E-state index in [-0.39, 0.29) is 0 Å². The van der Waals surface area contributed by atoms with Crippen LogP contribution in [0.2, 0.25) is 0 Å². The van der Waals surface area contributed by atoms with Gasteiger partial charge in [0, 0.05) is 20.1 Å². The molecule has 0 aromatic rings. The highest BCUT2D eigenvalue weighted by molar-refractivity contribution is 5.79. The quantitative estimate of drug-likeness (QED) is 0.270. The molecule has 0 rings (SSSR count). The average molecular weight is 254 g/mol. The molecule has 18 heavy (non-hydrogen) atoms. The Hall–Kier alpha value is -1.03. The Bertz CT molecular complexity index is 220. The van der Waals surface area contributed by atoms with Gasteiger partial charge in [-0.3, -0.25) is 4.99 Å². The highest BCUT2D eigenvalue weighted by Gasteiger charge is 2.02. The molecule has 0 bridgehead atoms. The molecule has 0 unspecified atom stereocenters. The lowest BCUT2D eigenvalue weighted by Gasteiger charge is -2.21. The molecule has 4 nitrogen and oxygen atoms in total. The molecule has 4 heteroatoms. The minimum absolute atomic E-state index is 0.747. The number of guanidine groups is 1. The second-order valence-electron chi connectivity index (χ2n) is 4.36. The molecule has 0 saturated carbocycles. The van der Waals surface area contributed by atoms with Crippen LogP contribution in [0.5, 0.6) is 0 Å². The maximum Gasteiger partial charge on any atom is 0.191 e. The summed E-state index contributed by atoms with van der Waals surface area (Å²) in [5.74, 6) is 0.854. The van der Waals surface area contributed by atoms with Gasteiger partial charge in [0.05, 0.1) is 0 Å². The van der Waals surface area contributed by atoms with Crippen molar-refractivity contribution in [2.75, 3.05) is 39.8 Å². The Morgan fingerprint density at radius 2 is 1.83 bits per heavy atom. The van der Waals surface area contributed by atoms with E-state index in [1.807, 2.05) is 6.08 Å². The molecule has 0 aliphatic rings. The van der Waals surface area contributed by atoms with Crippen LogP contribution in [-0.2, 0) is 0 Å². The van der Waals surface area contributed by atoms with Gasteiger partial charge in [0.2, 0.25) is 0 Å². The van der Waals surface area contributed by atoms with Crippen LogP contribution >= 0.6 is 0 Å². The molecule has 0 fully saturated rings. The number of rotatable bonds is 10. The second kappa shape index (κ2) is 12.4. The fraction of sp³-hybridized carbons (Fsp3) is 0.786. The summed E-state index contributed by atoms with van der Waals surface area (Å²) in [4.78, 5) is 6.68. The van der Waals surface area contributed by atoms with Crippen molar-refractivity contribution in [1.82, 2.24) is 15.5 Å². The topological polar surface area (TPSA) is 39.7 Å². The molecule has 0 aromatic carbocycles. The molecule has 106 valence electrons. The minimum atomic E-state index is 0.747. The van der Waals surface area contributed by atoms with E-state index in [2.05, 4.69) is 41.0 Å². The fourth-order valence-electron chi connectivity index (χ4n) is 1.87. The van der Waals surface area contributed by atoms with Gasteiger partial charge in [0.1, 0.15) is 0 Å². The van der Waals surface area contributed by atoms with Gasteiger partial charge < -0.3 is 15.5 Å². The molecule has 0 spiro atoms. The van der Waals surface area contributed by atoms with Crippen LogP contribution in [0.3, 0.4) is 0 Å². The van der Waals surface area contributed by atoms with Crippen LogP contribution in [0.1, 0.15) is 33.1 Å². The van der Waals surface area contributed by atoms with Gasteiger partial charge in [0.25, 0.3) is 0 Å². The van der Waals surface area contributed by atoms with Crippen molar-refractivity contribution in [3.63, 3.8) is 0 Å². The monoisotopic (exact) mass is 254 g/mol. The summed E-state index contributed by atoms with van der Waals surface area (Å²) in [6.07, 6.45) is 5.44. The van der Waals surface area contributed by atoms with E-state index in [0.29, 0.717) is 0 Å². The zero-order valence-electron chi connectivity index (χ0n) is 12.3. The molecule has 0 aliphatic heterocycles. The summed E-state index contributed by atoms with van der Waals surface area (Å²) < 4.78 is 0. The van der Waals surface area contributed by atoms with Gasteiger partial charge >= 0.3 is 0 Å². The predicted octanol–water partition coefficient (Wildman–Crippen LogP) is 1.85. The molecule has 0 atom stereocenters. The smallest absolute Gasteiger partial charge is 0.191 e. The summed E-state index contributed by atoms with van der Waals surface area (Å²) in [7, 11) is 1.79. The third-order valence-electron chi connectivity index (χ3n) is 2.66. The summed E-state index contributed by atoms with van der Waals surface area (Å²) in [5.41, 5.74) is 0. The Morgan fingerprint density at radius 3 is 2.33 bits per heavy atom. The summed E-state index contributed by atoms with van der Waals surface area (Å²) >= 11 is 0. The SMILES string of the molecule is C=CCNC(=NC)NCCCN(CCC)CCC. The van der Waals surface area contributed by atoms with Crippen molar-refractivity contribution in [2.24, 2.45) is 4.99 Å². The molecule has 0 aliphatic carbocycles. The first-order valence-corrected chi connectivity index (χ1v) is 7.06. The number of hydrogen-bond acceptors (Lipinski definition) is 2. The lowest BCUT2D eigenvalue weighted by Crippen LogP contribution is -2.38. The molecular weight excluding hydrogens is 224 g/mol. The highest BCUT2D eigenvalue weighted by Crippen LogP contribution is 1.95. The van der Waals surface area contributed by atoms with E-state index < -0.39 is 0 Å². The number of nitrogens with zero attached hydrogens (tertiary/aromatic N) is 2. The maximum absolute atomic E-state index is 4.15. The van der Waals surface area contributed by atoms with Crippen molar-refractivity contribution in [3.05, 3.63) is 12.7 Å². The number of nitrogens with one attached hydrogen (secondary N) is 2. The Kier molecular flexibility index (Phi) is 11.7. The van der Waals surface area contributed by atoms with Crippen LogP contribution in [0.15, 0.2) is 17.6 Å². The first kappa shape index (κ1) is 17.0. The molecule has 0 aromatic heterocycles. The summed E-state index contributed by atoms with van der Waals surface area (Å²) in [6, 6.07) is 0. The standard InChI is InChI=1S/C14H30N4/c1-5-9-16-14(15-4)17-10-8-13-18(11-6-2)12-7-3/h5H,1,6-13H2,2-4H3,(H2,15,16,17). The highest BCUT2D eigenvalue weighted by atomic mass is 15.2. The Morgan fingerprint density at radius 1 is 1.17 bits per heavy atom. The fourth-order valence-corrected chi connectivity index (χ4v) is 1.87. The van der Waals surface area contributed by atoms with Gasteiger partial charge in [-0.15, -0.1) is 6.58 Å². The third kappa shape index (κ3) is 9.05. The van der Waals surface area contributed by atoms with Crippen molar-refractivity contribution < 1.29 is 0 Å². The molecule has 0 radical (unpaired) electrons. The largest absolute Gasteiger partial charge is 0.356 e. The first-order chi connectivity index (χ1) is 8.78. The van der Waals surface area contributed by atoms with Crippen LogP contribution < -0.4 is 10.6 Å². The molecule has 2 N–H and O–H groups in total. The molecule has 0 amide bonds. The van der Waals surface area contributed by atoms with E-state index in [9.17, 15) is 0 Å². The van der Waals surface area contributed by atoms with Gasteiger partial charge in [-0.1, -0.05) is 19.9 Å². The molecule has 0 heterocycles. The van der Waals surface area contributed by atoms with Gasteiger partial charge in [-0.2, -0.15) is 0 Å². The molecule has 0 saturated heterocycles. The number of hydrogen-bond donors (Lipinski definition) is 2. The normalized spacial score (nSPS) is 11.7. The van der Waals surface area contributed by atoms with Crippen LogP contribution in [-0.4, -0.2) is 50.6 Å². The summed E-state index contributed by atoms with van der Waals surface area (Å²) in [5, 5.41) is 6.47. The lowest BCUT2D eigenvalue weighted by molar-refractivity contribution is 0.271. The van der Waals surface area contributed by atoms with Gasteiger partial charge in [-0.25, -0.2) is 0 Å². The van der Waals surface area contributed by atoms with Crippen molar-refractivity contribution in [3.8, 4) is 0 Å². The zero-order valence-corrected chi connectivity index (χ0v) is 12.3. The Labute approximate surface area is 113 Å². The predicted molar refractivity (Wildman–Crippen MR) is 81.2 cm³/mol. The maximum atomic E-state index is 4.15. The van der Waals surface area contributed by atoms with Crippen LogP contribution in [0, 0.1) is 0 Å². The second-order valence-corrected chi connectivity index (χ2v) is 4.36. The Balaban J connectivity index is 3.71. The van der Waals surface area contributed by atoms with Crippen LogP contribution in [0.25, 0.3) is 0 Å². The first-order valence-electron chi connectivity index (χ1n) is 7.06. The van der Waals surface area contributed by atoms with Gasteiger partial charge in [0.15, 0.2) is 5.96 Å². The molecular formula is C14H30N4. The van der Waals surface area contributed by atoms with E-state index in [1.54, 1.807) is 7.05 Å². The third-order valence-corrected chi connectivity index (χ3v) is 2.66.